The molecule has 0 heterocycles. The van der Waals surface area contributed by atoms with Crippen LogP contribution in [0.3, 0.4) is 0 Å². The summed E-state index contributed by atoms with van der Waals surface area (Å²) in [6, 6.07) is 4.74. The highest BCUT2D eigenvalue weighted by Crippen LogP contribution is 2.23. The van der Waals surface area contributed by atoms with Crippen molar-refractivity contribution in [2.45, 2.75) is 32.8 Å². The van der Waals surface area contributed by atoms with Gasteiger partial charge in [0.05, 0.1) is 4.47 Å². The molecule has 1 aromatic carbocycles. The van der Waals surface area contributed by atoms with E-state index in [1.807, 2.05) is 0 Å². The Morgan fingerprint density at radius 2 is 2.18 bits per heavy atom. The summed E-state index contributed by atoms with van der Waals surface area (Å²) in [6.45, 7) is 5.94. The van der Waals surface area contributed by atoms with Crippen molar-refractivity contribution in [3.8, 4) is 5.75 Å². The third-order valence-electron chi connectivity index (χ3n) is 2.43. The van der Waals surface area contributed by atoms with Gasteiger partial charge in [-0.15, -0.1) is 0 Å². The number of halogens is 2. The van der Waals surface area contributed by atoms with Gasteiger partial charge in [0.25, 0.3) is 0 Å². The van der Waals surface area contributed by atoms with E-state index in [0.717, 1.165) is 25.9 Å². The van der Waals surface area contributed by atoms with Crippen molar-refractivity contribution in [1.82, 2.24) is 5.32 Å². The Morgan fingerprint density at radius 1 is 1.41 bits per heavy atom. The lowest BCUT2D eigenvalue weighted by molar-refractivity contribution is 0.187. The molecule has 0 aliphatic rings. The minimum atomic E-state index is -0.268. The highest BCUT2D eigenvalue weighted by Gasteiger charge is 2.10. The first-order valence-electron chi connectivity index (χ1n) is 5.99. The summed E-state index contributed by atoms with van der Waals surface area (Å²) in [5.74, 6) is 0.436. The fourth-order valence-corrected chi connectivity index (χ4v) is 1.93. The predicted molar refractivity (Wildman–Crippen MR) is 72.0 cm³/mol. The van der Waals surface area contributed by atoms with Crippen LogP contribution in [-0.4, -0.2) is 19.2 Å². The van der Waals surface area contributed by atoms with Crippen LogP contribution in [0.1, 0.15) is 26.7 Å². The van der Waals surface area contributed by atoms with Gasteiger partial charge in [-0.1, -0.05) is 20.3 Å². The molecule has 1 unspecified atom stereocenters. The van der Waals surface area contributed by atoms with Crippen LogP contribution < -0.4 is 10.1 Å². The summed E-state index contributed by atoms with van der Waals surface area (Å²) in [5.41, 5.74) is 0. The second-order valence-corrected chi connectivity index (χ2v) is 4.77. The molecule has 0 fully saturated rings. The Morgan fingerprint density at radius 3 is 2.76 bits per heavy atom. The standard InChI is InChI=1S/C13H19BrFNO/c1-3-5-11(9-16-4-2)17-10-6-7-13(15)12(14)8-10/h6-8,11,16H,3-5,9H2,1-2H3. The maximum absolute atomic E-state index is 13.1. The second-order valence-electron chi connectivity index (χ2n) is 3.91. The van der Waals surface area contributed by atoms with Crippen LogP contribution in [0.2, 0.25) is 0 Å². The van der Waals surface area contributed by atoms with Crippen molar-refractivity contribution >= 4 is 15.9 Å². The molecule has 0 spiro atoms. The van der Waals surface area contributed by atoms with Crippen molar-refractivity contribution in [2.24, 2.45) is 0 Å². The maximum Gasteiger partial charge on any atom is 0.137 e. The number of hydrogen-bond donors (Lipinski definition) is 1. The van der Waals surface area contributed by atoms with Crippen LogP contribution in [0.5, 0.6) is 5.75 Å². The van der Waals surface area contributed by atoms with Crippen LogP contribution in [0, 0.1) is 5.82 Å². The molecule has 1 N–H and O–H groups in total. The van der Waals surface area contributed by atoms with Gasteiger partial charge in [0.15, 0.2) is 0 Å². The van der Waals surface area contributed by atoms with Gasteiger partial charge < -0.3 is 10.1 Å². The summed E-state index contributed by atoms with van der Waals surface area (Å²) in [6.07, 6.45) is 2.19. The Balaban J connectivity index is 2.61. The molecule has 0 aromatic heterocycles. The molecule has 4 heteroatoms. The molecule has 96 valence electrons. The van der Waals surface area contributed by atoms with Gasteiger partial charge in [-0.3, -0.25) is 0 Å². The molecule has 0 aliphatic heterocycles. The average molecular weight is 304 g/mol. The fourth-order valence-electron chi connectivity index (χ4n) is 1.57. The van der Waals surface area contributed by atoms with Gasteiger partial charge in [0.1, 0.15) is 17.7 Å². The molecule has 2 nitrogen and oxygen atoms in total. The molecule has 1 aromatic rings. The molecule has 1 atom stereocenters. The fraction of sp³-hybridized carbons (Fsp3) is 0.538. The Kier molecular flexibility index (Phi) is 6.52. The lowest BCUT2D eigenvalue weighted by atomic mass is 10.2. The van der Waals surface area contributed by atoms with E-state index in [1.54, 1.807) is 12.1 Å². The summed E-state index contributed by atoms with van der Waals surface area (Å²) in [7, 11) is 0. The van der Waals surface area contributed by atoms with Crippen LogP contribution >= 0.6 is 15.9 Å². The van der Waals surface area contributed by atoms with Gasteiger partial charge in [-0.2, -0.15) is 0 Å². The van der Waals surface area contributed by atoms with Crippen molar-refractivity contribution in [1.29, 1.82) is 0 Å². The third-order valence-corrected chi connectivity index (χ3v) is 3.03. The molecular formula is C13H19BrFNO. The zero-order chi connectivity index (χ0) is 12.7. The number of rotatable bonds is 7. The molecular weight excluding hydrogens is 285 g/mol. The smallest absolute Gasteiger partial charge is 0.137 e. The highest BCUT2D eigenvalue weighted by molar-refractivity contribution is 9.10. The van der Waals surface area contributed by atoms with Crippen molar-refractivity contribution < 1.29 is 9.13 Å². The summed E-state index contributed by atoms with van der Waals surface area (Å²) < 4.78 is 19.3. The normalized spacial score (nSPS) is 12.5. The van der Waals surface area contributed by atoms with Gasteiger partial charge in [-0.05, 0) is 47.1 Å². The number of benzene rings is 1. The van der Waals surface area contributed by atoms with E-state index in [9.17, 15) is 4.39 Å². The van der Waals surface area contributed by atoms with E-state index >= 15 is 0 Å². The summed E-state index contributed by atoms with van der Waals surface area (Å²) in [5, 5.41) is 3.27. The van der Waals surface area contributed by atoms with Crippen molar-refractivity contribution in [2.75, 3.05) is 13.1 Å². The third kappa shape index (κ3) is 5.04. The lowest BCUT2D eigenvalue weighted by Gasteiger charge is -2.19. The zero-order valence-corrected chi connectivity index (χ0v) is 11.9. The average Bonchev–Trinajstić information content (AvgIpc) is 2.31. The van der Waals surface area contributed by atoms with Gasteiger partial charge in [0.2, 0.25) is 0 Å². The monoisotopic (exact) mass is 303 g/mol. The van der Waals surface area contributed by atoms with E-state index in [-0.39, 0.29) is 11.9 Å². The van der Waals surface area contributed by atoms with E-state index in [0.29, 0.717) is 10.2 Å². The van der Waals surface area contributed by atoms with E-state index in [1.165, 1.54) is 6.07 Å². The largest absolute Gasteiger partial charge is 0.489 e. The molecule has 17 heavy (non-hydrogen) atoms. The van der Waals surface area contributed by atoms with Crippen LogP contribution in [0.25, 0.3) is 0 Å². The van der Waals surface area contributed by atoms with Crippen LogP contribution in [-0.2, 0) is 0 Å². The summed E-state index contributed by atoms with van der Waals surface area (Å²) >= 11 is 3.16. The summed E-state index contributed by atoms with van der Waals surface area (Å²) in [4.78, 5) is 0. The molecule has 0 saturated carbocycles. The van der Waals surface area contributed by atoms with E-state index in [2.05, 4.69) is 35.1 Å². The van der Waals surface area contributed by atoms with Gasteiger partial charge in [-0.25, -0.2) is 4.39 Å². The first-order chi connectivity index (χ1) is 8.17. The SMILES string of the molecule is CCCC(CNCC)Oc1ccc(F)c(Br)c1. The molecule has 0 radical (unpaired) electrons. The number of likely N-dealkylation sites (N-methyl/N-ethyl adjacent to an activating group) is 1. The molecule has 0 amide bonds. The van der Waals surface area contributed by atoms with E-state index in [4.69, 9.17) is 4.74 Å². The topological polar surface area (TPSA) is 21.3 Å². The molecule has 0 saturated heterocycles. The lowest BCUT2D eigenvalue weighted by Crippen LogP contribution is -2.31. The molecule has 0 bridgehead atoms. The Bertz CT molecular complexity index is 346. The van der Waals surface area contributed by atoms with Gasteiger partial charge >= 0.3 is 0 Å². The number of hydrogen-bond acceptors (Lipinski definition) is 2. The molecule has 1 rings (SSSR count). The highest BCUT2D eigenvalue weighted by atomic mass is 79.9. The zero-order valence-electron chi connectivity index (χ0n) is 10.3. The minimum Gasteiger partial charge on any atom is -0.489 e. The number of nitrogens with one attached hydrogen (secondary N) is 1. The molecule has 0 aliphatic carbocycles. The van der Waals surface area contributed by atoms with Crippen molar-refractivity contribution in [3.05, 3.63) is 28.5 Å². The maximum atomic E-state index is 13.1. The van der Waals surface area contributed by atoms with E-state index < -0.39 is 0 Å². The number of ether oxygens (including phenoxy) is 1. The van der Waals surface area contributed by atoms with Crippen LogP contribution in [0.4, 0.5) is 4.39 Å². The van der Waals surface area contributed by atoms with Gasteiger partial charge in [0, 0.05) is 6.54 Å². The Labute approximate surface area is 111 Å². The minimum absolute atomic E-state index is 0.136. The Hall–Kier alpha value is -0.610. The quantitative estimate of drug-likeness (QED) is 0.828. The first kappa shape index (κ1) is 14.5. The predicted octanol–water partition coefficient (Wildman–Crippen LogP) is 3.75. The van der Waals surface area contributed by atoms with Crippen molar-refractivity contribution in [3.63, 3.8) is 0 Å². The van der Waals surface area contributed by atoms with Crippen LogP contribution in [0.15, 0.2) is 22.7 Å². The first-order valence-corrected chi connectivity index (χ1v) is 6.79. The second kappa shape index (κ2) is 7.67.